The van der Waals surface area contributed by atoms with Crippen LogP contribution in [0.1, 0.15) is 5.82 Å². The number of pyridine rings is 1. The van der Waals surface area contributed by atoms with E-state index < -0.39 is 12.0 Å². The van der Waals surface area contributed by atoms with Crippen LogP contribution in [-0.2, 0) is 6.18 Å². The highest BCUT2D eigenvalue weighted by Crippen LogP contribution is 2.37. The standard InChI is InChI=1S/C8H3Cl3F3N3O/c1-18-17-4-2(9)3(10)5(11)15-6(4)16-7(17)8(12,13)14/h1H3. The van der Waals surface area contributed by atoms with E-state index in [4.69, 9.17) is 34.8 Å². The summed E-state index contributed by atoms with van der Waals surface area (Å²) in [5, 5.41) is -0.613. The summed E-state index contributed by atoms with van der Waals surface area (Å²) < 4.78 is 38.5. The van der Waals surface area contributed by atoms with Crippen LogP contribution >= 0.6 is 34.8 Å². The normalized spacial score (nSPS) is 12.2. The molecule has 0 aliphatic carbocycles. The van der Waals surface area contributed by atoms with E-state index in [1.54, 1.807) is 0 Å². The maximum Gasteiger partial charge on any atom is 0.453 e. The number of imidazole rings is 1. The monoisotopic (exact) mass is 319 g/mol. The van der Waals surface area contributed by atoms with E-state index in [9.17, 15) is 13.2 Å². The second kappa shape index (κ2) is 4.32. The summed E-state index contributed by atoms with van der Waals surface area (Å²) in [5.74, 6) is -1.30. The van der Waals surface area contributed by atoms with Crippen molar-refractivity contribution in [1.29, 1.82) is 0 Å². The Hall–Kier alpha value is -0.920. The van der Waals surface area contributed by atoms with E-state index in [0.29, 0.717) is 4.73 Å². The Morgan fingerprint density at radius 3 is 2.22 bits per heavy atom. The molecule has 4 nitrogen and oxygen atoms in total. The van der Waals surface area contributed by atoms with E-state index in [2.05, 4.69) is 14.8 Å². The minimum absolute atomic E-state index is 0.169. The Bertz CT molecular complexity index is 626. The molecule has 0 saturated heterocycles. The van der Waals surface area contributed by atoms with Gasteiger partial charge in [0.25, 0.3) is 5.82 Å². The minimum atomic E-state index is -4.72. The molecule has 10 heteroatoms. The molecule has 0 aromatic carbocycles. The molecule has 0 radical (unpaired) electrons. The van der Waals surface area contributed by atoms with Gasteiger partial charge in [0.05, 0.1) is 10.0 Å². The number of hydrogen-bond acceptors (Lipinski definition) is 3. The Kier molecular flexibility index (Phi) is 3.25. The van der Waals surface area contributed by atoms with Crippen molar-refractivity contribution in [2.45, 2.75) is 6.18 Å². The summed E-state index contributed by atoms with van der Waals surface area (Å²) in [7, 11) is 1.04. The number of aromatic nitrogens is 3. The number of rotatable bonds is 1. The summed E-state index contributed by atoms with van der Waals surface area (Å²) in [6, 6.07) is 0. The van der Waals surface area contributed by atoms with Crippen LogP contribution in [-0.4, -0.2) is 21.8 Å². The fourth-order valence-electron chi connectivity index (χ4n) is 1.35. The van der Waals surface area contributed by atoms with Gasteiger partial charge in [0.1, 0.15) is 12.6 Å². The van der Waals surface area contributed by atoms with Crippen molar-refractivity contribution in [3.63, 3.8) is 0 Å². The lowest BCUT2D eigenvalue weighted by atomic mass is 10.4. The SMILES string of the molecule is COn1c(C(F)(F)F)nc2nc(Cl)c(Cl)c(Cl)c21. The minimum Gasteiger partial charge on any atom is -0.415 e. The molecule has 0 unspecified atom stereocenters. The third kappa shape index (κ3) is 1.96. The number of halogens is 6. The maximum absolute atomic E-state index is 12.7. The predicted octanol–water partition coefficient (Wildman–Crippen LogP) is 3.47. The summed E-state index contributed by atoms with van der Waals surface area (Å²) in [6.45, 7) is 0. The fourth-order valence-corrected chi connectivity index (χ4v) is 1.96. The Labute approximate surface area is 113 Å². The van der Waals surface area contributed by atoms with Crippen molar-refractivity contribution < 1.29 is 18.0 Å². The third-order valence-corrected chi connectivity index (χ3v) is 3.24. The Morgan fingerprint density at radius 1 is 1.11 bits per heavy atom. The van der Waals surface area contributed by atoms with Crippen LogP contribution in [0.4, 0.5) is 13.2 Å². The third-order valence-electron chi connectivity index (χ3n) is 2.04. The van der Waals surface area contributed by atoms with Crippen LogP contribution in [0.5, 0.6) is 0 Å². The van der Waals surface area contributed by atoms with Gasteiger partial charge in [-0.1, -0.05) is 34.8 Å². The molecule has 0 fully saturated rings. The highest BCUT2D eigenvalue weighted by atomic mass is 35.5. The first-order valence-corrected chi connectivity index (χ1v) is 5.45. The van der Waals surface area contributed by atoms with Crippen LogP contribution in [0.3, 0.4) is 0 Å². The van der Waals surface area contributed by atoms with Crippen LogP contribution < -0.4 is 4.84 Å². The summed E-state index contributed by atoms with van der Waals surface area (Å²) >= 11 is 17.1. The molecule has 98 valence electrons. The van der Waals surface area contributed by atoms with E-state index >= 15 is 0 Å². The van der Waals surface area contributed by atoms with Crippen LogP contribution in [0.15, 0.2) is 0 Å². The average molecular weight is 320 g/mol. The molecule has 0 atom stereocenters. The number of nitrogens with zero attached hydrogens (tertiary/aromatic N) is 3. The highest BCUT2D eigenvalue weighted by Gasteiger charge is 2.39. The topological polar surface area (TPSA) is 39.9 Å². The van der Waals surface area contributed by atoms with E-state index in [1.165, 1.54) is 0 Å². The quantitative estimate of drug-likeness (QED) is 0.755. The number of hydrogen-bond donors (Lipinski definition) is 0. The van der Waals surface area contributed by atoms with E-state index in [-0.39, 0.29) is 26.4 Å². The van der Waals surface area contributed by atoms with Crippen LogP contribution in [0.25, 0.3) is 11.2 Å². The predicted molar refractivity (Wildman–Crippen MR) is 60.1 cm³/mol. The number of alkyl halides is 3. The maximum atomic E-state index is 12.7. The fraction of sp³-hybridized carbons (Fsp3) is 0.250. The van der Waals surface area contributed by atoms with Gasteiger partial charge in [-0.25, -0.2) is 9.97 Å². The molecule has 18 heavy (non-hydrogen) atoms. The first kappa shape index (κ1) is 13.5. The molecule has 0 N–H and O–H groups in total. The Balaban J connectivity index is 2.91. The number of fused-ring (bicyclic) bond motifs is 1. The van der Waals surface area contributed by atoms with Crippen molar-refractivity contribution in [1.82, 2.24) is 14.7 Å². The molecule has 2 aromatic rings. The van der Waals surface area contributed by atoms with Gasteiger partial charge in [-0.2, -0.15) is 17.9 Å². The summed E-state index contributed by atoms with van der Waals surface area (Å²) in [4.78, 5) is 11.5. The molecule has 0 aliphatic heterocycles. The molecule has 0 spiro atoms. The first-order chi connectivity index (χ1) is 8.27. The van der Waals surface area contributed by atoms with E-state index in [0.717, 1.165) is 7.11 Å². The molecule has 2 rings (SSSR count). The zero-order valence-corrected chi connectivity index (χ0v) is 10.8. The van der Waals surface area contributed by atoms with Crippen molar-refractivity contribution in [2.24, 2.45) is 0 Å². The van der Waals surface area contributed by atoms with Crippen LogP contribution in [0, 0.1) is 0 Å². The van der Waals surface area contributed by atoms with Gasteiger partial charge in [0.2, 0.25) is 0 Å². The lowest BCUT2D eigenvalue weighted by Crippen LogP contribution is -2.18. The van der Waals surface area contributed by atoms with E-state index in [1.807, 2.05) is 0 Å². The van der Waals surface area contributed by atoms with Gasteiger partial charge >= 0.3 is 6.18 Å². The molecule has 0 aliphatic rings. The smallest absolute Gasteiger partial charge is 0.415 e. The molecule has 0 bridgehead atoms. The second-order valence-corrected chi connectivity index (χ2v) is 4.23. The molecule has 2 aromatic heterocycles. The molecule has 0 amide bonds. The highest BCUT2D eigenvalue weighted by molar-refractivity contribution is 6.49. The zero-order chi connectivity index (χ0) is 13.7. The van der Waals surface area contributed by atoms with Crippen LogP contribution in [0.2, 0.25) is 15.2 Å². The van der Waals surface area contributed by atoms with Gasteiger partial charge in [0, 0.05) is 0 Å². The van der Waals surface area contributed by atoms with Gasteiger partial charge in [0.15, 0.2) is 10.8 Å². The van der Waals surface area contributed by atoms with Crippen molar-refractivity contribution in [2.75, 3.05) is 7.11 Å². The summed E-state index contributed by atoms with van der Waals surface area (Å²) in [6.07, 6.45) is -4.72. The molecule has 2 heterocycles. The Morgan fingerprint density at radius 2 is 1.72 bits per heavy atom. The van der Waals surface area contributed by atoms with Gasteiger partial charge in [-0.05, 0) is 0 Å². The van der Waals surface area contributed by atoms with Crippen molar-refractivity contribution in [3.05, 3.63) is 21.0 Å². The molecular formula is C8H3Cl3F3N3O. The van der Waals surface area contributed by atoms with Gasteiger partial charge < -0.3 is 4.84 Å². The van der Waals surface area contributed by atoms with Crippen molar-refractivity contribution >= 4 is 46.0 Å². The zero-order valence-electron chi connectivity index (χ0n) is 8.52. The van der Waals surface area contributed by atoms with Gasteiger partial charge in [-0.3, -0.25) is 0 Å². The van der Waals surface area contributed by atoms with Crippen molar-refractivity contribution in [3.8, 4) is 0 Å². The largest absolute Gasteiger partial charge is 0.453 e. The molecule has 0 saturated carbocycles. The first-order valence-electron chi connectivity index (χ1n) is 4.32. The average Bonchev–Trinajstić information content (AvgIpc) is 2.64. The lowest BCUT2D eigenvalue weighted by Gasteiger charge is -2.09. The second-order valence-electron chi connectivity index (χ2n) is 3.11. The summed E-state index contributed by atoms with van der Waals surface area (Å²) in [5.41, 5.74) is -0.496. The lowest BCUT2D eigenvalue weighted by molar-refractivity contribution is -0.153. The molecular weight excluding hydrogens is 317 g/mol. The van der Waals surface area contributed by atoms with Gasteiger partial charge in [-0.15, -0.1) is 0 Å².